The first-order chi connectivity index (χ1) is 16.2. The monoisotopic (exact) mass is 467 g/mol. The highest BCUT2D eigenvalue weighted by Gasteiger charge is 2.44. The normalized spacial score (nSPS) is 24.5. The van der Waals surface area contributed by atoms with E-state index in [1.54, 1.807) is 13.0 Å². The van der Waals surface area contributed by atoms with Gasteiger partial charge < -0.3 is 20.3 Å². The van der Waals surface area contributed by atoms with Crippen LogP contribution in [0.15, 0.2) is 55.0 Å². The largest absolute Gasteiger partial charge is 0.390 e. The summed E-state index contributed by atoms with van der Waals surface area (Å²) in [7, 11) is 0. The number of amides is 1. The van der Waals surface area contributed by atoms with Gasteiger partial charge in [0.1, 0.15) is 11.8 Å². The molecule has 4 rings (SSSR count). The molecule has 0 saturated carbocycles. The summed E-state index contributed by atoms with van der Waals surface area (Å²) < 4.78 is 7.25. The molecule has 3 aromatic rings. The van der Waals surface area contributed by atoms with Crippen molar-refractivity contribution in [3.63, 3.8) is 0 Å². The molecule has 0 spiro atoms. The number of carbonyl (C=O) groups excluding carboxylic acids is 1. The van der Waals surface area contributed by atoms with Crippen LogP contribution in [0.5, 0.6) is 0 Å². The highest BCUT2D eigenvalue weighted by molar-refractivity contribution is 6.05. The number of anilines is 1. The van der Waals surface area contributed by atoms with Crippen molar-refractivity contribution >= 4 is 17.3 Å². The lowest BCUT2D eigenvalue weighted by Gasteiger charge is -2.43. The maximum atomic E-state index is 13.0. The Balaban J connectivity index is 1.59. The number of hydrogen-bond acceptors (Lipinski definition) is 8. The van der Waals surface area contributed by atoms with Crippen molar-refractivity contribution in [3.05, 3.63) is 81.9 Å². The van der Waals surface area contributed by atoms with Gasteiger partial charge >= 0.3 is 5.69 Å². The summed E-state index contributed by atoms with van der Waals surface area (Å²) in [6.07, 6.45) is 1.86. The van der Waals surface area contributed by atoms with Crippen LogP contribution in [0.1, 0.15) is 48.0 Å². The maximum Gasteiger partial charge on any atom is 0.320 e. The van der Waals surface area contributed by atoms with Gasteiger partial charge in [-0.15, -0.1) is 0 Å². The van der Waals surface area contributed by atoms with Crippen LogP contribution in [0.3, 0.4) is 0 Å². The van der Waals surface area contributed by atoms with Gasteiger partial charge in [0.05, 0.1) is 41.7 Å². The number of nitro groups is 1. The molecule has 3 heterocycles. The van der Waals surface area contributed by atoms with E-state index in [-0.39, 0.29) is 24.3 Å². The molecule has 1 amide bonds. The molecule has 0 bridgehead atoms. The van der Waals surface area contributed by atoms with E-state index < -0.39 is 40.4 Å². The molecule has 1 saturated heterocycles. The van der Waals surface area contributed by atoms with Crippen LogP contribution < -0.4 is 5.32 Å². The number of ether oxygens (including phenoxy) is 1. The highest BCUT2D eigenvalue weighted by atomic mass is 16.6. The molecule has 11 heteroatoms. The Morgan fingerprint density at radius 2 is 2.09 bits per heavy atom. The third-order valence-corrected chi connectivity index (χ3v) is 6.09. The topological polar surface area (TPSA) is 153 Å². The van der Waals surface area contributed by atoms with Crippen molar-refractivity contribution in [1.82, 2.24) is 14.8 Å². The van der Waals surface area contributed by atoms with Gasteiger partial charge in [-0.2, -0.15) is 5.10 Å². The van der Waals surface area contributed by atoms with Crippen LogP contribution in [0.25, 0.3) is 0 Å². The second-order valence-corrected chi connectivity index (χ2v) is 8.46. The fraction of sp³-hybridized carbons (Fsp3) is 0.348. The van der Waals surface area contributed by atoms with Crippen LogP contribution in [0, 0.1) is 10.1 Å². The number of aliphatic hydroxyl groups excluding tert-OH is 1. The number of nitrogens with zero attached hydrogens (tertiary/aromatic N) is 4. The Bertz CT molecular complexity index is 1180. The van der Waals surface area contributed by atoms with Gasteiger partial charge in [0.2, 0.25) is 5.69 Å². The molecular formula is C23H25N5O6. The summed E-state index contributed by atoms with van der Waals surface area (Å²) in [4.78, 5) is 28.0. The zero-order valence-electron chi connectivity index (χ0n) is 18.7. The number of carbonyl (C=O) groups is 1. The van der Waals surface area contributed by atoms with Gasteiger partial charge in [-0.1, -0.05) is 30.3 Å². The highest BCUT2D eigenvalue weighted by Crippen LogP contribution is 2.39. The number of hydrogen-bond donors (Lipinski definition) is 3. The number of rotatable bonds is 6. The summed E-state index contributed by atoms with van der Waals surface area (Å²) in [6.45, 7) is 3.41. The molecule has 11 nitrogen and oxygen atoms in total. The lowest BCUT2D eigenvalue weighted by molar-refractivity contribution is -0.385. The van der Waals surface area contributed by atoms with E-state index in [4.69, 9.17) is 4.74 Å². The number of aromatic nitrogens is 3. The van der Waals surface area contributed by atoms with Crippen LogP contribution in [-0.2, 0) is 11.3 Å². The number of pyridine rings is 1. The predicted molar refractivity (Wildman–Crippen MR) is 121 cm³/mol. The first kappa shape index (κ1) is 23.5. The number of benzene rings is 1. The van der Waals surface area contributed by atoms with E-state index >= 15 is 0 Å². The van der Waals surface area contributed by atoms with Gasteiger partial charge in [0.25, 0.3) is 5.91 Å². The van der Waals surface area contributed by atoms with Gasteiger partial charge in [-0.25, -0.2) is 0 Å². The van der Waals surface area contributed by atoms with E-state index in [2.05, 4.69) is 15.4 Å². The minimum atomic E-state index is -1.42. The van der Waals surface area contributed by atoms with Crippen LogP contribution in [-0.4, -0.2) is 53.6 Å². The predicted octanol–water partition coefficient (Wildman–Crippen LogP) is 2.45. The maximum absolute atomic E-state index is 13.0. The molecule has 0 aliphatic carbocycles. The molecule has 4 atom stereocenters. The third kappa shape index (κ3) is 4.67. The molecule has 0 radical (unpaired) electrons. The van der Waals surface area contributed by atoms with Gasteiger partial charge in [0, 0.05) is 18.2 Å². The van der Waals surface area contributed by atoms with Crippen LogP contribution in [0.4, 0.5) is 11.4 Å². The zero-order chi connectivity index (χ0) is 24.5. The van der Waals surface area contributed by atoms with Crippen molar-refractivity contribution in [2.24, 2.45) is 0 Å². The third-order valence-electron chi connectivity index (χ3n) is 6.09. The van der Waals surface area contributed by atoms with Crippen LogP contribution in [0.2, 0.25) is 0 Å². The first-order valence-corrected chi connectivity index (χ1v) is 10.7. The first-order valence-electron chi connectivity index (χ1n) is 10.7. The van der Waals surface area contributed by atoms with Crippen LogP contribution >= 0.6 is 0 Å². The van der Waals surface area contributed by atoms with E-state index in [1.165, 1.54) is 30.2 Å². The lowest BCUT2D eigenvalue weighted by Crippen LogP contribution is -2.54. The van der Waals surface area contributed by atoms with Gasteiger partial charge in [-0.3, -0.25) is 24.6 Å². The molecular weight excluding hydrogens is 442 g/mol. The Kier molecular flexibility index (Phi) is 6.42. The molecule has 178 valence electrons. The minimum Gasteiger partial charge on any atom is -0.390 e. The Labute approximate surface area is 195 Å². The van der Waals surface area contributed by atoms with Crippen molar-refractivity contribution in [2.75, 3.05) is 5.32 Å². The molecule has 3 N–H and O–H groups in total. The van der Waals surface area contributed by atoms with Crippen molar-refractivity contribution in [1.29, 1.82) is 0 Å². The SMILES string of the molecule is C[C@H]1O[C@@H](c2ccncc2NC(=O)c2nn(Cc3ccccc3)cc2[N+](=O)[O-])C[C@@H](O)[C@]1(C)O. The van der Waals surface area contributed by atoms with Gasteiger partial charge in [0.15, 0.2) is 0 Å². The number of aliphatic hydroxyl groups is 2. The fourth-order valence-corrected chi connectivity index (χ4v) is 3.88. The van der Waals surface area contributed by atoms with Crippen molar-refractivity contribution in [3.8, 4) is 0 Å². The van der Waals surface area contributed by atoms with E-state index in [0.717, 1.165) is 5.56 Å². The minimum absolute atomic E-state index is 0.0933. The average molecular weight is 467 g/mol. The Morgan fingerprint density at radius 3 is 2.76 bits per heavy atom. The van der Waals surface area contributed by atoms with Crippen molar-refractivity contribution in [2.45, 2.75) is 50.7 Å². The van der Waals surface area contributed by atoms with Crippen molar-refractivity contribution < 1.29 is 24.7 Å². The Hall–Kier alpha value is -3.67. The second kappa shape index (κ2) is 9.29. The van der Waals surface area contributed by atoms with E-state index in [9.17, 15) is 25.1 Å². The fourth-order valence-electron chi connectivity index (χ4n) is 3.88. The molecule has 0 unspecified atom stereocenters. The molecule has 1 fully saturated rings. The zero-order valence-corrected chi connectivity index (χ0v) is 18.7. The summed E-state index contributed by atoms with van der Waals surface area (Å²) in [5.41, 5.74) is -0.510. The quantitative estimate of drug-likeness (QED) is 0.369. The lowest BCUT2D eigenvalue weighted by atomic mass is 9.84. The smallest absolute Gasteiger partial charge is 0.320 e. The average Bonchev–Trinajstić information content (AvgIpc) is 3.23. The molecule has 2 aromatic heterocycles. The molecule has 1 aliphatic rings. The van der Waals surface area contributed by atoms with E-state index in [1.807, 2.05) is 30.3 Å². The second-order valence-electron chi connectivity index (χ2n) is 8.46. The molecule has 1 aliphatic heterocycles. The van der Waals surface area contributed by atoms with Gasteiger partial charge in [-0.05, 0) is 25.5 Å². The van der Waals surface area contributed by atoms with E-state index in [0.29, 0.717) is 5.56 Å². The number of nitrogens with one attached hydrogen (secondary N) is 1. The summed E-state index contributed by atoms with van der Waals surface area (Å²) >= 11 is 0. The summed E-state index contributed by atoms with van der Waals surface area (Å²) in [5.74, 6) is -0.774. The standard InChI is InChI=1S/C23H25N5O6/c1-14-23(2,31)20(29)10-19(34-14)16-8-9-24-11-17(16)25-22(30)21-18(28(32)33)13-27(26-21)12-15-6-4-3-5-7-15/h3-9,11,13-14,19-20,29,31H,10,12H2,1-2H3,(H,25,30)/t14-,19-,20-,23-/m1/s1. The Morgan fingerprint density at radius 1 is 1.35 bits per heavy atom. The molecule has 1 aromatic carbocycles. The summed E-state index contributed by atoms with van der Waals surface area (Å²) in [5, 5.41) is 39.2. The molecule has 34 heavy (non-hydrogen) atoms. The summed E-state index contributed by atoms with van der Waals surface area (Å²) in [6, 6.07) is 10.9.